The summed E-state index contributed by atoms with van der Waals surface area (Å²) in [5.41, 5.74) is 0. The van der Waals surface area contributed by atoms with E-state index >= 15 is 0 Å². The van der Waals surface area contributed by atoms with Crippen LogP contribution in [-0.4, -0.2) is 13.1 Å². The number of hydrogen-bond donors (Lipinski definition) is 1. The number of hydrogen-bond acceptors (Lipinski definition) is 1. The highest BCUT2D eigenvalue weighted by Crippen LogP contribution is 2.15. The van der Waals surface area contributed by atoms with Crippen LogP contribution in [0.25, 0.3) is 0 Å². The fourth-order valence-corrected chi connectivity index (χ4v) is 4.04. The van der Waals surface area contributed by atoms with Crippen LogP contribution < -0.4 is 0 Å². The zero-order valence-electron chi connectivity index (χ0n) is 15.3. The first-order valence-electron chi connectivity index (χ1n) is 9.78. The summed E-state index contributed by atoms with van der Waals surface area (Å²) in [6, 6.07) is 1.09. The summed E-state index contributed by atoms with van der Waals surface area (Å²) in [6.07, 6.45) is 21.2. The molecule has 2 heteroatoms. The normalized spacial score (nSPS) is 12.0. The summed E-state index contributed by atoms with van der Waals surface area (Å²) in [4.78, 5) is 9.76. The van der Waals surface area contributed by atoms with E-state index in [1.165, 1.54) is 96.3 Å². The standard InChI is InChI=1S/C19H42OSi/c1-4-5-6-7-8-9-10-11-12-13-14-15-16-17-18-19-21(2,3)20/h20H,4-19H2,1-3H3. The Hall–Kier alpha value is 0.177. The van der Waals surface area contributed by atoms with E-state index in [9.17, 15) is 4.80 Å². The van der Waals surface area contributed by atoms with Crippen molar-refractivity contribution in [2.75, 3.05) is 0 Å². The van der Waals surface area contributed by atoms with Crippen LogP contribution in [0.2, 0.25) is 19.1 Å². The minimum Gasteiger partial charge on any atom is -0.432 e. The lowest BCUT2D eigenvalue weighted by molar-refractivity contribution is 0.524. The van der Waals surface area contributed by atoms with Gasteiger partial charge in [-0.15, -0.1) is 0 Å². The summed E-state index contributed by atoms with van der Waals surface area (Å²) in [5.74, 6) is 0. The first-order chi connectivity index (χ1) is 10.1. The SMILES string of the molecule is CCCCCCCCCCCCCCCCC[Si](C)(C)O. The average molecular weight is 315 g/mol. The molecule has 0 rings (SSSR count). The number of unbranched alkanes of at least 4 members (excludes halogenated alkanes) is 14. The van der Waals surface area contributed by atoms with Gasteiger partial charge >= 0.3 is 0 Å². The summed E-state index contributed by atoms with van der Waals surface area (Å²) >= 11 is 0. The minimum atomic E-state index is -1.76. The fraction of sp³-hybridized carbons (Fsp3) is 1.00. The van der Waals surface area contributed by atoms with Crippen molar-refractivity contribution in [3.05, 3.63) is 0 Å². The molecular weight excluding hydrogens is 272 g/mol. The molecule has 0 aromatic carbocycles. The van der Waals surface area contributed by atoms with Gasteiger partial charge in [0.05, 0.1) is 0 Å². The topological polar surface area (TPSA) is 20.2 Å². The monoisotopic (exact) mass is 314 g/mol. The van der Waals surface area contributed by atoms with Gasteiger partial charge in [-0.25, -0.2) is 0 Å². The second kappa shape index (κ2) is 15.1. The van der Waals surface area contributed by atoms with Gasteiger partial charge in [-0.3, -0.25) is 0 Å². The average Bonchev–Trinajstić information content (AvgIpc) is 2.42. The zero-order valence-corrected chi connectivity index (χ0v) is 16.3. The van der Waals surface area contributed by atoms with E-state index in [-0.39, 0.29) is 0 Å². The van der Waals surface area contributed by atoms with Crippen molar-refractivity contribution in [1.29, 1.82) is 0 Å². The second-order valence-electron chi connectivity index (χ2n) is 7.51. The number of rotatable bonds is 16. The van der Waals surface area contributed by atoms with Crippen LogP contribution >= 0.6 is 0 Å². The molecule has 0 heterocycles. The van der Waals surface area contributed by atoms with Crippen LogP contribution in [0.5, 0.6) is 0 Å². The molecule has 0 aliphatic rings. The Bertz CT molecular complexity index is 198. The smallest absolute Gasteiger partial charge is 0.182 e. The highest BCUT2D eigenvalue weighted by molar-refractivity contribution is 6.69. The molecule has 0 saturated heterocycles. The van der Waals surface area contributed by atoms with E-state index in [0.717, 1.165) is 6.04 Å². The highest BCUT2D eigenvalue weighted by Gasteiger charge is 2.14. The van der Waals surface area contributed by atoms with Crippen molar-refractivity contribution < 1.29 is 4.80 Å². The van der Waals surface area contributed by atoms with Crippen molar-refractivity contribution in [3.8, 4) is 0 Å². The molecule has 1 N–H and O–H groups in total. The van der Waals surface area contributed by atoms with E-state index < -0.39 is 8.32 Å². The molecule has 128 valence electrons. The Balaban J connectivity index is 3.00. The summed E-state index contributed by atoms with van der Waals surface area (Å²) < 4.78 is 0. The molecule has 0 radical (unpaired) electrons. The molecule has 0 bridgehead atoms. The zero-order chi connectivity index (χ0) is 15.8. The first kappa shape index (κ1) is 21.2. The van der Waals surface area contributed by atoms with Gasteiger partial charge in [0.15, 0.2) is 8.32 Å². The van der Waals surface area contributed by atoms with Gasteiger partial charge < -0.3 is 4.80 Å². The third-order valence-corrected chi connectivity index (χ3v) is 5.97. The molecule has 0 aliphatic carbocycles. The van der Waals surface area contributed by atoms with Crippen LogP contribution in [0.15, 0.2) is 0 Å². The van der Waals surface area contributed by atoms with Crippen LogP contribution in [-0.2, 0) is 0 Å². The quantitative estimate of drug-likeness (QED) is 0.239. The minimum absolute atomic E-state index is 1.09. The molecule has 21 heavy (non-hydrogen) atoms. The summed E-state index contributed by atoms with van der Waals surface area (Å²) in [5, 5.41) is 0. The van der Waals surface area contributed by atoms with Crippen LogP contribution in [0.1, 0.15) is 103 Å². The predicted octanol–water partition coefficient (Wildman–Crippen LogP) is 7.06. The highest BCUT2D eigenvalue weighted by atomic mass is 28.4. The molecule has 0 spiro atoms. The van der Waals surface area contributed by atoms with E-state index in [1.807, 2.05) is 0 Å². The van der Waals surface area contributed by atoms with Gasteiger partial charge in [0.25, 0.3) is 0 Å². The maximum atomic E-state index is 9.76. The van der Waals surface area contributed by atoms with E-state index in [2.05, 4.69) is 20.0 Å². The molecule has 0 fully saturated rings. The molecule has 0 saturated carbocycles. The molecule has 0 aliphatic heterocycles. The van der Waals surface area contributed by atoms with Gasteiger partial charge in [-0.05, 0) is 19.1 Å². The van der Waals surface area contributed by atoms with Gasteiger partial charge in [0, 0.05) is 0 Å². The van der Waals surface area contributed by atoms with Gasteiger partial charge in [0.2, 0.25) is 0 Å². The predicted molar refractivity (Wildman–Crippen MR) is 99.4 cm³/mol. The lowest BCUT2D eigenvalue weighted by Gasteiger charge is -2.12. The maximum absolute atomic E-state index is 9.76. The van der Waals surface area contributed by atoms with E-state index in [4.69, 9.17) is 0 Å². The largest absolute Gasteiger partial charge is 0.432 e. The second-order valence-corrected chi connectivity index (χ2v) is 11.6. The molecule has 0 amide bonds. The molecule has 0 unspecified atom stereocenters. The third kappa shape index (κ3) is 20.2. The third-order valence-electron chi connectivity index (χ3n) is 4.39. The Morgan fingerprint density at radius 3 is 1.10 bits per heavy atom. The summed E-state index contributed by atoms with van der Waals surface area (Å²) in [6.45, 7) is 6.39. The Morgan fingerprint density at radius 2 is 0.810 bits per heavy atom. The molecule has 0 atom stereocenters. The Labute approximate surface area is 136 Å². The van der Waals surface area contributed by atoms with Crippen molar-refractivity contribution in [2.24, 2.45) is 0 Å². The van der Waals surface area contributed by atoms with Gasteiger partial charge in [-0.2, -0.15) is 0 Å². The van der Waals surface area contributed by atoms with Crippen LogP contribution in [0.3, 0.4) is 0 Å². The Kier molecular flexibility index (Phi) is 15.2. The van der Waals surface area contributed by atoms with Crippen LogP contribution in [0, 0.1) is 0 Å². The molecular formula is C19H42OSi. The first-order valence-corrected chi connectivity index (χ1v) is 12.9. The molecule has 1 nitrogen and oxygen atoms in total. The fourth-order valence-electron chi connectivity index (χ4n) is 2.93. The summed E-state index contributed by atoms with van der Waals surface area (Å²) in [7, 11) is -1.76. The van der Waals surface area contributed by atoms with Gasteiger partial charge in [-0.1, -0.05) is 103 Å². The van der Waals surface area contributed by atoms with E-state index in [0.29, 0.717) is 0 Å². The lowest BCUT2D eigenvalue weighted by atomic mass is 10.0. The lowest BCUT2D eigenvalue weighted by Crippen LogP contribution is -2.23. The van der Waals surface area contributed by atoms with Gasteiger partial charge in [0.1, 0.15) is 0 Å². The molecule has 0 aromatic rings. The van der Waals surface area contributed by atoms with E-state index in [1.54, 1.807) is 0 Å². The Morgan fingerprint density at radius 1 is 0.524 bits per heavy atom. The van der Waals surface area contributed by atoms with Crippen molar-refractivity contribution in [2.45, 2.75) is 122 Å². The maximum Gasteiger partial charge on any atom is 0.182 e. The van der Waals surface area contributed by atoms with Crippen LogP contribution in [0.4, 0.5) is 0 Å². The van der Waals surface area contributed by atoms with Crippen molar-refractivity contribution in [3.63, 3.8) is 0 Å². The van der Waals surface area contributed by atoms with Crippen molar-refractivity contribution >= 4 is 8.32 Å². The van der Waals surface area contributed by atoms with Crippen molar-refractivity contribution in [1.82, 2.24) is 0 Å². The molecule has 0 aromatic heterocycles.